The number of halogens is 2. The van der Waals surface area contributed by atoms with Crippen molar-refractivity contribution in [1.29, 1.82) is 0 Å². The largest absolute Gasteiger partial charge is 0.469 e. The van der Waals surface area contributed by atoms with Gasteiger partial charge in [0, 0.05) is 12.8 Å². The molecule has 0 heterocycles. The Morgan fingerprint density at radius 3 is 2.05 bits per heavy atom. The van der Waals surface area contributed by atoms with E-state index in [1.807, 2.05) is 0 Å². The van der Waals surface area contributed by atoms with Crippen LogP contribution >= 0.6 is 0 Å². The number of carbonyl (C=O) groups is 3. The van der Waals surface area contributed by atoms with Crippen LogP contribution in [0.2, 0.25) is 0 Å². The molecule has 1 fully saturated rings. The van der Waals surface area contributed by atoms with Crippen LogP contribution in [0.1, 0.15) is 32.1 Å². The Balaban J connectivity index is 2.78. The summed E-state index contributed by atoms with van der Waals surface area (Å²) < 4.78 is 35.3. The molecule has 8 heteroatoms. The van der Waals surface area contributed by atoms with E-state index in [9.17, 15) is 23.2 Å². The Morgan fingerprint density at radius 2 is 1.60 bits per heavy atom. The van der Waals surface area contributed by atoms with Gasteiger partial charge in [0.2, 0.25) is 11.8 Å². The zero-order valence-corrected chi connectivity index (χ0v) is 11.3. The van der Waals surface area contributed by atoms with Crippen molar-refractivity contribution in [2.24, 2.45) is 0 Å². The lowest BCUT2D eigenvalue weighted by Crippen LogP contribution is -2.58. The molecule has 0 aromatic rings. The molecule has 1 rings (SSSR count). The minimum absolute atomic E-state index is 0.237. The Labute approximate surface area is 114 Å². The van der Waals surface area contributed by atoms with Gasteiger partial charge in [0.15, 0.2) is 0 Å². The zero-order chi connectivity index (χ0) is 15.4. The SMILES string of the molecule is COC(=O)CC(=O)NC1(C(=O)OC)CCC(F)(F)CC1. The van der Waals surface area contributed by atoms with E-state index in [1.165, 1.54) is 0 Å². The van der Waals surface area contributed by atoms with E-state index in [1.54, 1.807) is 0 Å². The molecule has 0 radical (unpaired) electrons. The van der Waals surface area contributed by atoms with Crippen LogP contribution < -0.4 is 5.32 Å². The summed E-state index contributed by atoms with van der Waals surface area (Å²) in [6, 6.07) is 0. The number of esters is 2. The topological polar surface area (TPSA) is 81.7 Å². The summed E-state index contributed by atoms with van der Waals surface area (Å²) in [4.78, 5) is 34.4. The van der Waals surface area contributed by atoms with Gasteiger partial charge in [-0.2, -0.15) is 0 Å². The highest BCUT2D eigenvalue weighted by atomic mass is 19.3. The van der Waals surface area contributed by atoms with Crippen LogP contribution in [-0.4, -0.2) is 43.5 Å². The van der Waals surface area contributed by atoms with E-state index < -0.39 is 48.6 Å². The third-order valence-corrected chi connectivity index (χ3v) is 3.32. The molecule has 1 amide bonds. The quantitative estimate of drug-likeness (QED) is 0.612. The van der Waals surface area contributed by atoms with Crippen molar-refractivity contribution in [2.45, 2.75) is 43.6 Å². The minimum Gasteiger partial charge on any atom is -0.469 e. The lowest BCUT2D eigenvalue weighted by atomic mass is 9.79. The molecule has 1 aliphatic carbocycles. The first-order chi connectivity index (χ1) is 9.24. The number of ether oxygens (including phenoxy) is 2. The summed E-state index contributed by atoms with van der Waals surface area (Å²) in [5.74, 6) is -5.17. The third kappa shape index (κ3) is 3.88. The fraction of sp³-hybridized carbons (Fsp3) is 0.750. The molecule has 1 aliphatic rings. The van der Waals surface area contributed by atoms with Crippen LogP contribution in [-0.2, 0) is 23.9 Å². The molecule has 6 nitrogen and oxygen atoms in total. The van der Waals surface area contributed by atoms with Crippen molar-refractivity contribution in [3.05, 3.63) is 0 Å². The summed E-state index contributed by atoms with van der Waals surface area (Å²) in [6.07, 6.45) is -2.11. The number of hydrogen-bond acceptors (Lipinski definition) is 5. The molecule has 0 bridgehead atoms. The molecule has 0 spiro atoms. The molecule has 0 aliphatic heterocycles. The predicted octanol–water partition coefficient (Wildman–Crippen LogP) is 0.787. The first kappa shape index (κ1) is 16.3. The Bertz CT molecular complexity index is 401. The molecule has 1 N–H and O–H groups in total. The number of nitrogens with one attached hydrogen (secondary N) is 1. The molecule has 0 aromatic heterocycles. The Morgan fingerprint density at radius 1 is 1.05 bits per heavy atom. The van der Waals surface area contributed by atoms with Gasteiger partial charge < -0.3 is 14.8 Å². The van der Waals surface area contributed by atoms with Crippen molar-refractivity contribution in [3.63, 3.8) is 0 Å². The normalized spacial score (nSPS) is 19.8. The van der Waals surface area contributed by atoms with E-state index in [0.717, 1.165) is 14.2 Å². The average Bonchev–Trinajstić information content (AvgIpc) is 2.40. The summed E-state index contributed by atoms with van der Waals surface area (Å²) in [6.45, 7) is 0. The van der Waals surface area contributed by atoms with E-state index in [4.69, 9.17) is 0 Å². The van der Waals surface area contributed by atoms with E-state index in [2.05, 4.69) is 14.8 Å². The summed E-state index contributed by atoms with van der Waals surface area (Å²) in [7, 11) is 2.23. The summed E-state index contributed by atoms with van der Waals surface area (Å²) in [5, 5.41) is 2.34. The zero-order valence-electron chi connectivity index (χ0n) is 11.3. The highest BCUT2D eigenvalue weighted by Gasteiger charge is 2.49. The second-order valence-electron chi connectivity index (χ2n) is 4.73. The standard InChI is InChI=1S/C12H17F2NO5/c1-19-9(17)7-8(16)15-11(10(18)20-2)3-5-12(13,14)6-4-11/h3-7H2,1-2H3,(H,15,16). The van der Waals surface area contributed by atoms with Gasteiger partial charge in [0.25, 0.3) is 0 Å². The maximum absolute atomic E-state index is 13.2. The fourth-order valence-electron chi connectivity index (χ4n) is 2.13. The number of alkyl halides is 2. The molecule has 0 aromatic carbocycles. The van der Waals surface area contributed by atoms with E-state index in [0.29, 0.717) is 0 Å². The summed E-state index contributed by atoms with van der Waals surface area (Å²) >= 11 is 0. The molecule has 114 valence electrons. The van der Waals surface area contributed by atoms with Gasteiger partial charge in [0.1, 0.15) is 12.0 Å². The van der Waals surface area contributed by atoms with Crippen molar-refractivity contribution in [1.82, 2.24) is 5.32 Å². The van der Waals surface area contributed by atoms with Crippen LogP contribution in [0.5, 0.6) is 0 Å². The van der Waals surface area contributed by atoms with Gasteiger partial charge in [-0.3, -0.25) is 9.59 Å². The predicted molar refractivity (Wildman–Crippen MR) is 62.9 cm³/mol. The average molecular weight is 293 g/mol. The van der Waals surface area contributed by atoms with Crippen LogP contribution in [0.25, 0.3) is 0 Å². The Hall–Kier alpha value is -1.73. The van der Waals surface area contributed by atoms with Crippen molar-refractivity contribution in [3.8, 4) is 0 Å². The highest BCUT2D eigenvalue weighted by Crippen LogP contribution is 2.39. The van der Waals surface area contributed by atoms with Crippen LogP contribution in [0.4, 0.5) is 8.78 Å². The lowest BCUT2D eigenvalue weighted by Gasteiger charge is -2.38. The van der Waals surface area contributed by atoms with Gasteiger partial charge in [-0.05, 0) is 12.8 Å². The molecular weight excluding hydrogens is 276 g/mol. The second-order valence-corrected chi connectivity index (χ2v) is 4.73. The maximum atomic E-state index is 13.2. The van der Waals surface area contributed by atoms with Crippen LogP contribution in [0.3, 0.4) is 0 Å². The third-order valence-electron chi connectivity index (χ3n) is 3.32. The van der Waals surface area contributed by atoms with Crippen molar-refractivity contribution in [2.75, 3.05) is 14.2 Å². The number of hydrogen-bond donors (Lipinski definition) is 1. The molecule has 0 atom stereocenters. The lowest BCUT2D eigenvalue weighted by molar-refractivity contribution is -0.158. The molecule has 20 heavy (non-hydrogen) atoms. The van der Waals surface area contributed by atoms with Crippen molar-refractivity contribution < 1.29 is 32.6 Å². The Kier molecular flexibility index (Phi) is 5.02. The smallest absolute Gasteiger partial charge is 0.331 e. The number of methoxy groups -OCH3 is 2. The molecule has 0 saturated heterocycles. The van der Waals surface area contributed by atoms with Gasteiger partial charge in [0.05, 0.1) is 14.2 Å². The highest BCUT2D eigenvalue weighted by molar-refractivity contribution is 5.97. The first-order valence-corrected chi connectivity index (χ1v) is 6.09. The van der Waals surface area contributed by atoms with Crippen LogP contribution in [0.15, 0.2) is 0 Å². The van der Waals surface area contributed by atoms with Gasteiger partial charge >= 0.3 is 11.9 Å². The maximum Gasteiger partial charge on any atom is 0.331 e. The van der Waals surface area contributed by atoms with E-state index in [-0.39, 0.29) is 12.8 Å². The summed E-state index contributed by atoms with van der Waals surface area (Å²) in [5.41, 5.74) is -1.50. The monoisotopic (exact) mass is 293 g/mol. The van der Waals surface area contributed by atoms with Crippen molar-refractivity contribution >= 4 is 17.8 Å². The fourth-order valence-corrected chi connectivity index (χ4v) is 2.13. The number of rotatable bonds is 4. The number of carbonyl (C=O) groups excluding carboxylic acids is 3. The molecular formula is C12H17F2NO5. The number of amides is 1. The first-order valence-electron chi connectivity index (χ1n) is 6.09. The minimum atomic E-state index is -2.86. The van der Waals surface area contributed by atoms with Gasteiger partial charge in [-0.1, -0.05) is 0 Å². The van der Waals surface area contributed by atoms with Gasteiger partial charge in [-0.25, -0.2) is 13.6 Å². The van der Waals surface area contributed by atoms with Crippen LogP contribution in [0, 0.1) is 0 Å². The molecule has 1 saturated carbocycles. The van der Waals surface area contributed by atoms with Gasteiger partial charge in [-0.15, -0.1) is 0 Å². The second kappa shape index (κ2) is 6.15. The molecule has 0 unspecified atom stereocenters. The van der Waals surface area contributed by atoms with E-state index >= 15 is 0 Å².